The zero-order chi connectivity index (χ0) is 13.7. The van der Waals surface area contributed by atoms with Crippen LogP contribution in [0.3, 0.4) is 0 Å². The number of ether oxygens (including phenoxy) is 2. The van der Waals surface area contributed by atoms with Gasteiger partial charge in [-0.15, -0.1) is 0 Å². The minimum Gasteiger partial charge on any atom is -0.385 e. The average molecular weight is 255 g/mol. The lowest BCUT2D eigenvalue weighted by Gasteiger charge is -2.22. The molecule has 0 saturated heterocycles. The minimum atomic E-state index is -1.68. The van der Waals surface area contributed by atoms with E-state index in [4.69, 9.17) is 15.2 Å². The Morgan fingerprint density at radius 1 is 1.17 bits per heavy atom. The highest BCUT2D eigenvalue weighted by Crippen LogP contribution is 2.28. The van der Waals surface area contributed by atoms with E-state index in [1.807, 2.05) is 0 Å². The molecule has 0 fully saturated rings. The lowest BCUT2D eigenvalue weighted by Crippen LogP contribution is -2.34. The number of methoxy groups -OCH3 is 2. The Morgan fingerprint density at radius 3 is 2.11 bits per heavy atom. The molecule has 1 amide bonds. The van der Waals surface area contributed by atoms with Gasteiger partial charge in [-0.25, -0.2) is 0 Å². The third-order valence-corrected chi connectivity index (χ3v) is 2.59. The number of aliphatic hydroxyl groups is 2. The fourth-order valence-electron chi connectivity index (χ4n) is 1.67. The van der Waals surface area contributed by atoms with Gasteiger partial charge in [-0.1, -0.05) is 24.3 Å². The molecule has 6 heteroatoms. The molecule has 0 radical (unpaired) electrons. The summed E-state index contributed by atoms with van der Waals surface area (Å²) in [6, 6.07) is 6.63. The fraction of sp³-hybridized carbons (Fsp3) is 0.417. The molecule has 100 valence electrons. The largest absolute Gasteiger partial charge is 0.385 e. The molecule has 0 aliphatic carbocycles. The molecule has 2 unspecified atom stereocenters. The van der Waals surface area contributed by atoms with Crippen molar-refractivity contribution in [2.45, 2.75) is 18.5 Å². The molecule has 6 nitrogen and oxygen atoms in total. The van der Waals surface area contributed by atoms with Crippen LogP contribution in [-0.2, 0) is 14.3 Å². The smallest absolute Gasteiger partial charge is 0.249 e. The average Bonchev–Trinajstić information content (AvgIpc) is 2.39. The zero-order valence-electron chi connectivity index (χ0n) is 10.2. The molecule has 0 aromatic heterocycles. The Labute approximate surface area is 105 Å². The summed E-state index contributed by atoms with van der Waals surface area (Å²) in [5.74, 6) is -0.997. The van der Waals surface area contributed by atoms with Crippen LogP contribution in [0.25, 0.3) is 0 Å². The van der Waals surface area contributed by atoms with E-state index in [0.29, 0.717) is 11.1 Å². The third-order valence-electron chi connectivity index (χ3n) is 2.59. The van der Waals surface area contributed by atoms with Crippen LogP contribution in [0.5, 0.6) is 0 Å². The van der Waals surface area contributed by atoms with E-state index >= 15 is 0 Å². The summed E-state index contributed by atoms with van der Waals surface area (Å²) < 4.78 is 10.2. The number of carbonyl (C=O) groups excluding carboxylic acids is 1. The van der Waals surface area contributed by atoms with Crippen molar-refractivity contribution < 1.29 is 24.5 Å². The van der Waals surface area contributed by atoms with Crippen molar-refractivity contribution in [2.24, 2.45) is 5.73 Å². The summed E-state index contributed by atoms with van der Waals surface area (Å²) in [6.45, 7) is 0. The maximum Gasteiger partial charge on any atom is 0.249 e. The van der Waals surface area contributed by atoms with Crippen LogP contribution >= 0.6 is 0 Å². The first kappa shape index (κ1) is 14.6. The van der Waals surface area contributed by atoms with E-state index in [-0.39, 0.29) is 0 Å². The van der Waals surface area contributed by atoms with Gasteiger partial charge in [0.15, 0.2) is 12.4 Å². The van der Waals surface area contributed by atoms with E-state index in [1.165, 1.54) is 14.2 Å². The highest BCUT2D eigenvalue weighted by molar-refractivity contribution is 5.79. The van der Waals surface area contributed by atoms with E-state index in [0.717, 1.165) is 0 Å². The second kappa shape index (κ2) is 6.46. The Hall–Kier alpha value is -1.47. The molecule has 0 aliphatic rings. The number of amides is 1. The number of rotatable bonds is 6. The summed E-state index contributed by atoms with van der Waals surface area (Å²) in [4.78, 5) is 10.9. The highest BCUT2D eigenvalue weighted by Gasteiger charge is 2.27. The van der Waals surface area contributed by atoms with Gasteiger partial charge >= 0.3 is 0 Å². The molecule has 2 atom stereocenters. The predicted molar refractivity (Wildman–Crippen MR) is 63.4 cm³/mol. The zero-order valence-corrected chi connectivity index (χ0v) is 10.2. The van der Waals surface area contributed by atoms with Crippen molar-refractivity contribution in [3.63, 3.8) is 0 Å². The summed E-state index contributed by atoms with van der Waals surface area (Å²) in [5.41, 5.74) is 5.81. The van der Waals surface area contributed by atoms with Crippen molar-refractivity contribution in [1.29, 1.82) is 0 Å². The van der Waals surface area contributed by atoms with Crippen LogP contribution in [0.15, 0.2) is 24.3 Å². The first-order chi connectivity index (χ1) is 8.52. The van der Waals surface area contributed by atoms with Crippen LogP contribution < -0.4 is 5.73 Å². The molecule has 1 aromatic carbocycles. The second-order valence-electron chi connectivity index (χ2n) is 3.72. The van der Waals surface area contributed by atoms with Crippen LogP contribution in [0.4, 0.5) is 0 Å². The third kappa shape index (κ3) is 3.05. The molecule has 0 heterocycles. The number of benzene rings is 1. The maximum atomic E-state index is 10.9. The van der Waals surface area contributed by atoms with Gasteiger partial charge in [0.25, 0.3) is 0 Å². The van der Waals surface area contributed by atoms with Crippen molar-refractivity contribution in [3.8, 4) is 0 Å². The summed E-state index contributed by atoms with van der Waals surface area (Å²) >= 11 is 0. The molecule has 0 aliphatic heterocycles. The minimum absolute atomic E-state index is 0.331. The van der Waals surface area contributed by atoms with Crippen LogP contribution in [0, 0.1) is 0 Å². The quantitative estimate of drug-likeness (QED) is 0.614. The van der Waals surface area contributed by atoms with Gasteiger partial charge in [0.05, 0.1) is 0 Å². The molecule has 0 saturated carbocycles. The molecule has 4 N–H and O–H groups in total. The molecule has 18 heavy (non-hydrogen) atoms. The Kier molecular flexibility index (Phi) is 5.24. The number of aliphatic hydroxyl groups excluding tert-OH is 2. The van der Waals surface area contributed by atoms with Gasteiger partial charge in [-0.05, 0) is 5.56 Å². The SMILES string of the molecule is COC(OC)c1ccccc1C(O)C(O)C(N)=O. The number of primary amides is 1. The van der Waals surface area contributed by atoms with E-state index in [2.05, 4.69) is 0 Å². The standard InChI is InChI=1S/C12H17NO5/c1-17-12(18-2)8-6-4-3-5-7(8)9(14)10(15)11(13)16/h3-6,9-10,12,14-15H,1-2H3,(H2,13,16). The molecular weight excluding hydrogens is 238 g/mol. The summed E-state index contributed by atoms with van der Waals surface area (Å²) in [6.07, 6.45) is -3.80. The van der Waals surface area contributed by atoms with Gasteiger partial charge in [-0.3, -0.25) is 4.79 Å². The van der Waals surface area contributed by atoms with Crippen LogP contribution in [0.1, 0.15) is 23.5 Å². The summed E-state index contributed by atoms with van der Waals surface area (Å²) in [5, 5.41) is 19.4. The van der Waals surface area contributed by atoms with Crippen molar-refractivity contribution in [1.82, 2.24) is 0 Å². The Bertz CT molecular complexity index is 405. The topological polar surface area (TPSA) is 102 Å². The maximum absolute atomic E-state index is 10.9. The van der Waals surface area contributed by atoms with Gasteiger partial charge in [0.2, 0.25) is 5.91 Å². The van der Waals surface area contributed by atoms with E-state index in [1.54, 1.807) is 24.3 Å². The number of nitrogens with two attached hydrogens (primary N) is 1. The van der Waals surface area contributed by atoms with Crippen LogP contribution in [0.2, 0.25) is 0 Å². The van der Waals surface area contributed by atoms with Gasteiger partial charge in [-0.2, -0.15) is 0 Å². The molecule has 0 spiro atoms. The fourth-order valence-corrected chi connectivity index (χ4v) is 1.67. The predicted octanol–water partition coefficient (Wildman–Crippen LogP) is -0.142. The second-order valence-corrected chi connectivity index (χ2v) is 3.72. The molecule has 0 bridgehead atoms. The van der Waals surface area contributed by atoms with Crippen molar-refractivity contribution >= 4 is 5.91 Å². The van der Waals surface area contributed by atoms with E-state index in [9.17, 15) is 15.0 Å². The van der Waals surface area contributed by atoms with Crippen molar-refractivity contribution in [3.05, 3.63) is 35.4 Å². The van der Waals surface area contributed by atoms with E-state index < -0.39 is 24.4 Å². The Morgan fingerprint density at radius 2 is 1.67 bits per heavy atom. The van der Waals surface area contributed by atoms with Gasteiger partial charge in [0.1, 0.15) is 6.10 Å². The normalized spacial score (nSPS) is 14.5. The number of carbonyl (C=O) groups is 1. The molecule has 1 aromatic rings. The monoisotopic (exact) mass is 255 g/mol. The van der Waals surface area contributed by atoms with Gasteiger partial charge < -0.3 is 25.4 Å². The van der Waals surface area contributed by atoms with Crippen molar-refractivity contribution in [2.75, 3.05) is 14.2 Å². The number of hydrogen-bond acceptors (Lipinski definition) is 5. The van der Waals surface area contributed by atoms with Crippen LogP contribution in [-0.4, -0.2) is 36.4 Å². The lowest BCUT2D eigenvalue weighted by molar-refractivity contribution is -0.132. The van der Waals surface area contributed by atoms with Gasteiger partial charge in [0, 0.05) is 19.8 Å². The first-order valence-electron chi connectivity index (χ1n) is 5.32. The number of hydrogen-bond donors (Lipinski definition) is 3. The molecular formula is C12H17NO5. The molecule has 1 rings (SSSR count). The lowest BCUT2D eigenvalue weighted by atomic mass is 9.98. The highest BCUT2D eigenvalue weighted by atomic mass is 16.7. The summed E-state index contributed by atoms with van der Waals surface area (Å²) in [7, 11) is 2.89. The Balaban J connectivity index is 3.12. The first-order valence-corrected chi connectivity index (χ1v) is 5.32.